The minimum absolute atomic E-state index is 0.154. The lowest BCUT2D eigenvalue weighted by Crippen LogP contribution is -2.46. The molecule has 7 heteroatoms. The van der Waals surface area contributed by atoms with Crippen LogP contribution in [0.15, 0.2) is 20.9 Å². The third-order valence-electron chi connectivity index (χ3n) is 2.01. The lowest BCUT2D eigenvalue weighted by atomic mass is 10.4. The topological polar surface area (TPSA) is 71.7 Å². The second-order valence-corrected chi connectivity index (χ2v) is 5.36. The van der Waals surface area contributed by atoms with Crippen LogP contribution >= 0.6 is 27.3 Å². The average Bonchev–Trinajstić information content (AvgIpc) is 2.70. The summed E-state index contributed by atoms with van der Waals surface area (Å²) >= 11 is 5.12. The quantitative estimate of drug-likeness (QED) is 0.332. The number of rotatable bonds is 5. The van der Waals surface area contributed by atoms with Crippen LogP contribution in [0.2, 0.25) is 0 Å². The molecule has 0 saturated heterocycles. The molecule has 0 aliphatic carbocycles. The molecule has 0 aliphatic heterocycles. The number of nitrogens with zero attached hydrogens (tertiary/aromatic N) is 1. The van der Waals surface area contributed by atoms with Crippen molar-refractivity contribution in [3.63, 3.8) is 0 Å². The second kappa shape index (κ2) is 7.65. The fourth-order valence-electron chi connectivity index (χ4n) is 1.25. The molecule has 5 nitrogen and oxygen atoms in total. The Balaban J connectivity index is 2.52. The van der Waals surface area contributed by atoms with Crippen LogP contribution in [-0.4, -0.2) is 25.7 Å². The van der Waals surface area contributed by atoms with Crippen molar-refractivity contribution in [3.05, 3.63) is 20.8 Å². The van der Waals surface area contributed by atoms with Crippen LogP contribution in [0.5, 0.6) is 0 Å². The Bertz CT molecular complexity index is 369. The number of hydrogen-bond acceptors (Lipinski definition) is 4. The van der Waals surface area contributed by atoms with Crippen molar-refractivity contribution >= 4 is 33.2 Å². The average molecular weight is 321 g/mol. The van der Waals surface area contributed by atoms with Crippen LogP contribution in [0.1, 0.15) is 11.8 Å². The number of hydrogen-bond donors (Lipinski definition) is 3. The van der Waals surface area contributed by atoms with Crippen LogP contribution in [-0.2, 0) is 11.3 Å². The molecule has 0 radical (unpaired) electrons. The largest absolute Gasteiger partial charge is 0.383 e. The summed E-state index contributed by atoms with van der Waals surface area (Å²) in [5.41, 5.74) is 2.55. The van der Waals surface area contributed by atoms with Gasteiger partial charge in [-0.25, -0.2) is 10.8 Å². The van der Waals surface area contributed by atoms with Gasteiger partial charge in [0.25, 0.3) is 0 Å². The van der Waals surface area contributed by atoms with Gasteiger partial charge in [0.15, 0.2) is 0 Å². The molecule has 0 aliphatic rings. The standard InChI is InChI=1S/C10H17BrN4OS/c1-7(6-16-2)14-10(15-12)13-5-9-8(11)3-4-17-9/h3-4,7H,5-6,12H2,1-2H3,(H2,13,14,15). The molecule has 96 valence electrons. The molecule has 1 unspecified atom stereocenters. The Morgan fingerprint density at radius 1 is 1.71 bits per heavy atom. The smallest absolute Gasteiger partial charge is 0.206 e. The number of guanidine groups is 1. The van der Waals surface area contributed by atoms with E-state index >= 15 is 0 Å². The summed E-state index contributed by atoms with van der Waals surface area (Å²) in [7, 11) is 1.66. The van der Waals surface area contributed by atoms with E-state index in [1.807, 2.05) is 18.4 Å². The first kappa shape index (κ1) is 14.4. The van der Waals surface area contributed by atoms with Gasteiger partial charge in [-0.05, 0) is 34.3 Å². The van der Waals surface area contributed by atoms with Crippen molar-refractivity contribution in [2.75, 3.05) is 13.7 Å². The van der Waals surface area contributed by atoms with Crippen LogP contribution < -0.4 is 16.6 Å². The Labute approximate surface area is 114 Å². The molecule has 0 spiro atoms. The van der Waals surface area contributed by atoms with Crippen molar-refractivity contribution in [2.45, 2.75) is 19.5 Å². The third kappa shape index (κ3) is 5.03. The highest BCUT2D eigenvalue weighted by molar-refractivity contribution is 9.10. The molecule has 1 atom stereocenters. The number of methoxy groups -OCH3 is 1. The summed E-state index contributed by atoms with van der Waals surface area (Å²) in [5.74, 6) is 5.97. The number of ether oxygens (including phenoxy) is 1. The van der Waals surface area contributed by atoms with Gasteiger partial charge in [-0.2, -0.15) is 0 Å². The van der Waals surface area contributed by atoms with E-state index in [1.54, 1.807) is 18.4 Å². The summed E-state index contributed by atoms with van der Waals surface area (Å²) in [4.78, 5) is 5.53. The van der Waals surface area contributed by atoms with E-state index in [4.69, 9.17) is 10.6 Å². The molecule has 0 bridgehead atoms. The van der Waals surface area contributed by atoms with E-state index < -0.39 is 0 Å². The molecule has 1 aromatic rings. The first-order valence-electron chi connectivity index (χ1n) is 5.15. The van der Waals surface area contributed by atoms with E-state index in [1.165, 1.54) is 4.88 Å². The normalized spacial score (nSPS) is 13.5. The van der Waals surface area contributed by atoms with Gasteiger partial charge in [-0.3, -0.25) is 5.43 Å². The van der Waals surface area contributed by atoms with Crippen molar-refractivity contribution in [2.24, 2.45) is 10.8 Å². The highest BCUT2D eigenvalue weighted by Crippen LogP contribution is 2.23. The van der Waals surface area contributed by atoms with Gasteiger partial charge in [0.05, 0.1) is 13.2 Å². The van der Waals surface area contributed by atoms with Gasteiger partial charge >= 0.3 is 0 Å². The van der Waals surface area contributed by atoms with E-state index in [0.717, 1.165) is 4.47 Å². The van der Waals surface area contributed by atoms with E-state index in [0.29, 0.717) is 19.1 Å². The minimum Gasteiger partial charge on any atom is -0.383 e. The Hall–Kier alpha value is -0.630. The lowest BCUT2D eigenvalue weighted by molar-refractivity contribution is 0.179. The molecule has 4 N–H and O–H groups in total. The first-order valence-corrected chi connectivity index (χ1v) is 6.83. The van der Waals surface area contributed by atoms with Crippen molar-refractivity contribution in [3.8, 4) is 0 Å². The van der Waals surface area contributed by atoms with Gasteiger partial charge in [0.2, 0.25) is 5.96 Å². The zero-order valence-electron chi connectivity index (χ0n) is 9.87. The van der Waals surface area contributed by atoms with E-state index in [2.05, 4.69) is 31.7 Å². The third-order valence-corrected chi connectivity index (χ3v) is 3.92. The number of nitrogens with two attached hydrogens (primary N) is 1. The van der Waals surface area contributed by atoms with Gasteiger partial charge < -0.3 is 10.1 Å². The van der Waals surface area contributed by atoms with Gasteiger partial charge in [0, 0.05) is 22.5 Å². The molecule has 1 heterocycles. The monoisotopic (exact) mass is 320 g/mol. The van der Waals surface area contributed by atoms with Crippen LogP contribution in [0.25, 0.3) is 0 Å². The SMILES string of the molecule is COCC(C)NC(=NCc1sccc1Br)NN. The number of aliphatic imine (C=N–C) groups is 1. The molecule has 0 aromatic carbocycles. The fraction of sp³-hybridized carbons (Fsp3) is 0.500. The minimum atomic E-state index is 0.154. The van der Waals surface area contributed by atoms with Gasteiger partial charge in [-0.15, -0.1) is 11.3 Å². The molecular weight excluding hydrogens is 304 g/mol. The van der Waals surface area contributed by atoms with Crippen LogP contribution in [0, 0.1) is 0 Å². The highest BCUT2D eigenvalue weighted by Gasteiger charge is 2.05. The number of nitrogens with one attached hydrogen (secondary N) is 2. The molecular formula is C10H17BrN4OS. The maximum Gasteiger partial charge on any atom is 0.206 e. The summed E-state index contributed by atoms with van der Waals surface area (Å²) in [6, 6.07) is 2.16. The molecule has 1 rings (SSSR count). The zero-order valence-corrected chi connectivity index (χ0v) is 12.3. The molecule has 1 aromatic heterocycles. The molecule has 0 amide bonds. The lowest BCUT2D eigenvalue weighted by Gasteiger charge is -2.15. The number of halogens is 1. The molecule has 0 saturated carbocycles. The predicted octanol–water partition coefficient (Wildman–Crippen LogP) is 1.45. The van der Waals surface area contributed by atoms with Crippen LogP contribution in [0.3, 0.4) is 0 Å². The molecule has 0 fully saturated rings. The number of hydrazine groups is 1. The summed E-state index contributed by atoms with van der Waals surface area (Å²) < 4.78 is 6.10. The van der Waals surface area contributed by atoms with Crippen molar-refractivity contribution in [1.29, 1.82) is 0 Å². The predicted molar refractivity (Wildman–Crippen MR) is 75.0 cm³/mol. The maximum atomic E-state index is 5.40. The van der Waals surface area contributed by atoms with E-state index in [-0.39, 0.29) is 6.04 Å². The number of thiophene rings is 1. The van der Waals surface area contributed by atoms with E-state index in [9.17, 15) is 0 Å². The van der Waals surface area contributed by atoms with Crippen LogP contribution in [0.4, 0.5) is 0 Å². The summed E-state index contributed by atoms with van der Waals surface area (Å²) in [6.07, 6.45) is 0. The highest BCUT2D eigenvalue weighted by atomic mass is 79.9. The van der Waals surface area contributed by atoms with Crippen molar-refractivity contribution < 1.29 is 4.74 Å². The van der Waals surface area contributed by atoms with Gasteiger partial charge in [0.1, 0.15) is 0 Å². The summed E-state index contributed by atoms with van der Waals surface area (Å²) in [5, 5.41) is 5.15. The Morgan fingerprint density at radius 3 is 3.00 bits per heavy atom. The summed E-state index contributed by atoms with van der Waals surface area (Å²) in [6.45, 7) is 3.19. The Morgan fingerprint density at radius 2 is 2.47 bits per heavy atom. The van der Waals surface area contributed by atoms with Crippen molar-refractivity contribution in [1.82, 2.24) is 10.7 Å². The molecule has 17 heavy (non-hydrogen) atoms. The second-order valence-electron chi connectivity index (χ2n) is 3.50. The Kier molecular flexibility index (Phi) is 6.49. The zero-order chi connectivity index (χ0) is 12.7. The van der Waals surface area contributed by atoms with Gasteiger partial charge in [-0.1, -0.05) is 0 Å². The fourth-order valence-corrected chi connectivity index (χ4v) is 2.65. The first-order chi connectivity index (χ1) is 8.17. The maximum absolute atomic E-state index is 5.40.